The van der Waals surface area contributed by atoms with Crippen molar-refractivity contribution in [1.82, 2.24) is 15.2 Å². The highest BCUT2D eigenvalue weighted by atomic mass is 19.1. The maximum absolute atomic E-state index is 12.9. The monoisotopic (exact) mass is 237 g/mol. The number of piperidine rings is 1. The highest BCUT2D eigenvalue weighted by Crippen LogP contribution is 2.14. The number of nitrogens with one attached hydrogen (secondary N) is 1. The van der Waals surface area contributed by atoms with Gasteiger partial charge in [-0.1, -0.05) is 0 Å². The number of hydrogen-bond donors (Lipinski definition) is 1. The van der Waals surface area contributed by atoms with Gasteiger partial charge in [0.1, 0.15) is 5.82 Å². The van der Waals surface area contributed by atoms with Crippen molar-refractivity contribution in [3.05, 3.63) is 29.8 Å². The van der Waals surface area contributed by atoms with Crippen molar-refractivity contribution in [2.45, 2.75) is 19.4 Å². The highest BCUT2D eigenvalue weighted by Gasteiger charge is 2.15. The van der Waals surface area contributed by atoms with Crippen molar-refractivity contribution in [3.8, 4) is 0 Å². The largest absolute Gasteiger partial charge is 0.312 e. The molecule has 1 N–H and O–H groups in total. The summed E-state index contributed by atoms with van der Waals surface area (Å²) in [7, 11) is 2.17. The van der Waals surface area contributed by atoms with Gasteiger partial charge >= 0.3 is 0 Å². The first-order valence-corrected chi connectivity index (χ1v) is 6.23. The molecule has 1 aromatic rings. The molecule has 0 atom stereocenters. The zero-order valence-electron chi connectivity index (χ0n) is 10.3. The Hall–Kier alpha value is -1.00. The lowest BCUT2D eigenvalue weighted by molar-refractivity contribution is 0.216. The minimum atomic E-state index is -0.261. The van der Waals surface area contributed by atoms with E-state index in [-0.39, 0.29) is 5.82 Å². The molecule has 3 nitrogen and oxygen atoms in total. The Kier molecular flexibility index (Phi) is 4.45. The van der Waals surface area contributed by atoms with Crippen LogP contribution in [0.15, 0.2) is 18.5 Å². The Morgan fingerprint density at radius 2 is 2.18 bits per heavy atom. The number of rotatable bonds is 4. The third-order valence-corrected chi connectivity index (χ3v) is 3.36. The van der Waals surface area contributed by atoms with Gasteiger partial charge in [0.05, 0.1) is 6.20 Å². The van der Waals surface area contributed by atoms with E-state index in [1.807, 2.05) is 0 Å². The van der Waals surface area contributed by atoms with E-state index in [2.05, 4.69) is 22.2 Å². The van der Waals surface area contributed by atoms with Gasteiger partial charge in [-0.2, -0.15) is 0 Å². The molecule has 0 spiro atoms. The Morgan fingerprint density at radius 3 is 2.88 bits per heavy atom. The van der Waals surface area contributed by atoms with Crippen LogP contribution >= 0.6 is 0 Å². The van der Waals surface area contributed by atoms with Gasteiger partial charge in [-0.05, 0) is 57.1 Å². The van der Waals surface area contributed by atoms with Gasteiger partial charge in [0.25, 0.3) is 0 Å². The number of hydrogen-bond acceptors (Lipinski definition) is 3. The van der Waals surface area contributed by atoms with E-state index >= 15 is 0 Å². The van der Waals surface area contributed by atoms with E-state index in [4.69, 9.17) is 0 Å². The smallest absolute Gasteiger partial charge is 0.141 e. The summed E-state index contributed by atoms with van der Waals surface area (Å²) < 4.78 is 12.9. The molecule has 4 heteroatoms. The molecule has 2 heterocycles. The molecule has 0 saturated carbocycles. The predicted octanol–water partition coefficient (Wildman–Crippen LogP) is 1.65. The second-order valence-corrected chi connectivity index (χ2v) is 4.89. The summed E-state index contributed by atoms with van der Waals surface area (Å²) in [5, 5.41) is 3.39. The number of nitrogens with zero attached hydrogens (tertiary/aromatic N) is 2. The molecule has 0 bridgehead atoms. The minimum absolute atomic E-state index is 0.261. The standard InChI is InChI=1S/C13H20FN3/c1-17-4-2-11(3-5-17)7-15-8-12-6-13(14)10-16-9-12/h6,9-11,15H,2-5,7-8H2,1H3. The summed E-state index contributed by atoms with van der Waals surface area (Å²) >= 11 is 0. The molecule has 0 aliphatic carbocycles. The third-order valence-electron chi connectivity index (χ3n) is 3.36. The topological polar surface area (TPSA) is 28.2 Å². The van der Waals surface area contributed by atoms with Gasteiger partial charge in [0.15, 0.2) is 0 Å². The van der Waals surface area contributed by atoms with E-state index in [9.17, 15) is 4.39 Å². The maximum atomic E-state index is 12.9. The number of aromatic nitrogens is 1. The van der Waals surface area contributed by atoms with Crippen LogP contribution in [0.4, 0.5) is 4.39 Å². The highest BCUT2D eigenvalue weighted by molar-refractivity contribution is 5.09. The van der Waals surface area contributed by atoms with Crippen LogP contribution in [0.3, 0.4) is 0 Å². The van der Waals surface area contributed by atoms with E-state index in [1.54, 1.807) is 6.20 Å². The second-order valence-electron chi connectivity index (χ2n) is 4.89. The summed E-state index contributed by atoms with van der Waals surface area (Å²) in [5.41, 5.74) is 0.915. The molecule has 0 unspecified atom stereocenters. The lowest BCUT2D eigenvalue weighted by Gasteiger charge is -2.29. The van der Waals surface area contributed by atoms with Gasteiger partial charge in [-0.15, -0.1) is 0 Å². The molecule has 1 fully saturated rings. The average Bonchev–Trinajstić information content (AvgIpc) is 2.32. The first-order chi connectivity index (χ1) is 8.24. The Balaban J connectivity index is 1.69. The van der Waals surface area contributed by atoms with Gasteiger partial charge in [0, 0.05) is 12.7 Å². The van der Waals surface area contributed by atoms with Crippen molar-refractivity contribution < 1.29 is 4.39 Å². The van der Waals surface area contributed by atoms with Crippen LogP contribution in [-0.2, 0) is 6.54 Å². The number of likely N-dealkylation sites (tertiary alicyclic amines) is 1. The summed E-state index contributed by atoms with van der Waals surface area (Å²) in [6.45, 7) is 4.10. The molecule has 94 valence electrons. The van der Waals surface area contributed by atoms with E-state index < -0.39 is 0 Å². The molecule has 1 saturated heterocycles. The lowest BCUT2D eigenvalue weighted by Crippen LogP contribution is -2.34. The fourth-order valence-corrected chi connectivity index (χ4v) is 2.24. The normalized spacial score (nSPS) is 18.5. The van der Waals surface area contributed by atoms with Crippen LogP contribution < -0.4 is 5.32 Å². The lowest BCUT2D eigenvalue weighted by atomic mass is 9.97. The summed E-state index contributed by atoms with van der Waals surface area (Å²) in [6, 6.07) is 1.54. The van der Waals surface area contributed by atoms with Gasteiger partial charge in [-0.25, -0.2) is 4.39 Å². The average molecular weight is 237 g/mol. The molecule has 1 aliphatic heterocycles. The van der Waals surface area contributed by atoms with Crippen molar-refractivity contribution in [2.75, 3.05) is 26.7 Å². The fourth-order valence-electron chi connectivity index (χ4n) is 2.24. The predicted molar refractivity (Wildman–Crippen MR) is 66.1 cm³/mol. The first-order valence-electron chi connectivity index (χ1n) is 6.23. The molecule has 1 aliphatic rings. The Bertz CT molecular complexity index is 348. The Labute approximate surface area is 102 Å². The van der Waals surface area contributed by atoms with Gasteiger partial charge in [0.2, 0.25) is 0 Å². The van der Waals surface area contributed by atoms with Crippen LogP contribution in [0.2, 0.25) is 0 Å². The van der Waals surface area contributed by atoms with Crippen LogP contribution in [0, 0.1) is 11.7 Å². The number of halogens is 1. The van der Waals surface area contributed by atoms with Crippen molar-refractivity contribution >= 4 is 0 Å². The molecule has 0 amide bonds. The van der Waals surface area contributed by atoms with E-state index in [0.29, 0.717) is 6.54 Å². The third kappa shape index (κ3) is 4.06. The Morgan fingerprint density at radius 1 is 1.41 bits per heavy atom. The molecular weight excluding hydrogens is 217 g/mol. The van der Waals surface area contributed by atoms with E-state index in [1.165, 1.54) is 38.2 Å². The molecular formula is C13H20FN3. The second kappa shape index (κ2) is 6.07. The molecule has 0 aromatic carbocycles. The van der Waals surface area contributed by atoms with Gasteiger partial charge in [-0.3, -0.25) is 4.98 Å². The van der Waals surface area contributed by atoms with Gasteiger partial charge < -0.3 is 10.2 Å². The summed E-state index contributed by atoms with van der Waals surface area (Å²) in [4.78, 5) is 6.21. The SMILES string of the molecule is CN1CCC(CNCc2cncc(F)c2)CC1. The van der Waals surface area contributed by atoms with Crippen LogP contribution in [0.1, 0.15) is 18.4 Å². The fraction of sp³-hybridized carbons (Fsp3) is 0.615. The number of pyridine rings is 1. The first kappa shape index (κ1) is 12.5. The summed E-state index contributed by atoms with van der Waals surface area (Å²) in [5.74, 6) is 0.497. The van der Waals surface area contributed by atoms with Crippen LogP contribution in [0.5, 0.6) is 0 Å². The molecule has 2 rings (SSSR count). The molecule has 0 radical (unpaired) electrons. The molecule has 1 aromatic heterocycles. The zero-order chi connectivity index (χ0) is 12.1. The van der Waals surface area contributed by atoms with E-state index in [0.717, 1.165) is 18.0 Å². The molecule has 17 heavy (non-hydrogen) atoms. The van der Waals surface area contributed by atoms with Crippen molar-refractivity contribution in [3.63, 3.8) is 0 Å². The van der Waals surface area contributed by atoms with Crippen molar-refractivity contribution in [2.24, 2.45) is 5.92 Å². The maximum Gasteiger partial charge on any atom is 0.141 e. The van der Waals surface area contributed by atoms with Crippen LogP contribution in [0.25, 0.3) is 0 Å². The quantitative estimate of drug-likeness (QED) is 0.863. The minimum Gasteiger partial charge on any atom is -0.312 e. The van der Waals surface area contributed by atoms with Crippen molar-refractivity contribution in [1.29, 1.82) is 0 Å². The van der Waals surface area contributed by atoms with Crippen LogP contribution in [-0.4, -0.2) is 36.6 Å². The zero-order valence-corrected chi connectivity index (χ0v) is 10.3. The summed E-state index contributed by atoms with van der Waals surface area (Å²) in [6.07, 6.45) is 5.46.